The summed E-state index contributed by atoms with van der Waals surface area (Å²) in [6.07, 6.45) is 5.69. The van der Waals surface area contributed by atoms with Crippen LogP contribution in [0, 0.1) is 17.3 Å². The molecule has 0 aromatic carbocycles. The third kappa shape index (κ3) is 2.31. The lowest BCUT2D eigenvalue weighted by molar-refractivity contribution is -0.115. The van der Waals surface area contributed by atoms with Crippen LogP contribution >= 0.6 is 0 Å². The van der Waals surface area contributed by atoms with Gasteiger partial charge < -0.3 is 5.11 Å². The second-order valence-electron chi connectivity index (χ2n) is 8.68. The number of Topliss-reactive ketones (excluding diaryl/α,β-unsaturated/α-hetero) is 1. The van der Waals surface area contributed by atoms with Gasteiger partial charge in [0.25, 0.3) is 0 Å². The fourth-order valence-corrected chi connectivity index (χ4v) is 5.42. The van der Waals surface area contributed by atoms with E-state index in [1.54, 1.807) is 0 Å². The third-order valence-corrected chi connectivity index (χ3v) is 6.69. The average molecular weight is 302 g/mol. The van der Waals surface area contributed by atoms with Gasteiger partial charge in [-0.15, -0.1) is 0 Å². The molecule has 0 aliphatic heterocycles. The second kappa shape index (κ2) is 5.06. The van der Waals surface area contributed by atoms with Crippen molar-refractivity contribution >= 4 is 5.78 Å². The summed E-state index contributed by atoms with van der Waals surface area (Å²) in [5, 5.41) is 10.9. The Balaban J connectivity index is 2.06. The van der Waals surface area contributed by atoms with Crippen molar-refractivity contribution in [2.24, 2.45) is 17.3 Å². The second-order valence-corrected chi connectivity index (χ2v) is 8.68. The van der Waals surface area contributed by atoms with Gasteiger partial charge in [0, 0.05) is 12.3 Å². The highest BCUT2D eigenvalue weighted by molar-refractivity contribution is 5.99. The molecule has 0 bridgehead atoms. The highest BCUT2D eigenvalue weighted by Gasteiger charge is 2.52. The minimum absolute atomic E-state index is 0.0225. The van der Waals surface area contributed by atoms with Crippen molar-refractivity contribution in [3.8, 4) is 0 Å². The summed E-state index contributed by atoms with van der Waals surface area (Å²) in [4.78, 5) is 12.6. The van der Waals surface area contributed by atoms with Crippen LogP contribution in [0.4, 0.5) is 0 Å². The molecule has 3 rings (SSSR count). The zero-order valence-electron chi connectivity index (χ0n) is 14.8. The molecule has 3 aliphatic carbocycles. The Morgan fingerprint density at radius 1 is 1.18 bits per heavy atom. The van der Waals surface area contributed by atoms with Crippen molar-refractivity contribution in [3.05, 3.63) is 22.3 Å². The molecule has 122 valence electrons. The van der Waals surface area contributed by atoms with E-state index in [0.717, 1.165) is 37.7 Å². The number of hydrogen-bond acceptors (Lipinski definition) is 2. The summed E-state index contributed by atoms with van der Waals surface area (Å²) in [6.45, 7) is 10.7. The van der Waals surface area contributed by atoms with Crippen molar-refractivity contribution in [2.45, 2.75) is 78.7 Å². The van der Waals surface area contributed by atoms with E-state index in [0.29, 0.717) is 18.1 Å². The van der Waals surface area contributed by atoms with Crippen LogP contribution < -0.4 is 0 Å². The minimum Gasteiger partial charge on any atom is -0.390 e. The van der Waals surface area contributed by atoms with E-state index < -0.39 is 5.60 Å². The number of ketones is 1. The third-order valence-electron chi connectivity index (χ3n) is 6.69. The molecule has 2 heteroatoms. The average Bonchev–Trinajstić information content (AvgIpc) is 2.80. The molecule has 0 saturated heterocycles. The Hall–Kier alpha value is -0.890. The Bertz CT molecular complexity index is 575. The maximum absolute atomic E-state index is 12.6. The number of carbonyl (C=O) groups excluding carboxylic acids is 1. The molecular weight excluding hydrogens is 272 g/mol. The highest BCUT2D eigenvalue weighted by Crippen LogP contribution is 2.57. The SMILES string of the molecule is CC(C)=C1C(=O)C[C@]2(C)C[C@H]3/C(=C(/C)CCC12)CC[C@@]3(C)O. The maximum atomic E-state index is 12.6. The molecule has 1 N–H and O–H groups in total. The van der Waals surface area contributed by atoms with Gasteiger partial charge in [0.15, 0.2) is 5.78 Å². The number of hydrogen-bond donors (Lipinski definition) is 1. The van der Waals surface area contributed by atoms with Crippen LogP contribution in [0.1, 0.15) is 73.1 Å². The molecule has 2 fully saturated rings. The van der Waals surface area contributed by atoms with E-state index in [-0.39, 0.29) is 11.3 Å². The normalized spacial score (nSPS) is 45.4. The van der Waals surface area contributed by atoms with Crippen LogP contribution in [-0.4, -0.2) is 16.5 Å². The number of fused-ring (bicyclic) bond motifs is 2. The van der Waals surface area contributed by atoms with Crippen molar-refractivity contribution in [1.29, 1.82) is 0 Å². The van der Waals surface area contributed by atoms with Crippen molar-refractivity contribution in [1.82, 2.24) is 0 Å². The van der Waals surface area contributed by atoms with Gasteiger partial charge in [-0.3, -0.25) is 4.79 Å². The lowest BCUT2D eigenvalue weighted by Gasteiger charge is -2.40. The predicted octanol–water partition coefficient (Wildman–Crippen LogP) is 4.58. The standard InChI is InChI=1S/C20H30O2/c1-12(2)18-15-7-6-13(3)14-8-9-20(5,22)16(14)10-19(15,4)11-17(18)21/h15-16,22H,6-11H2,1-5H3/b14-13-/t15?,16-,19-,20+/m0/s1. The van der Waals surface area contributed by atoms with Gasteiger partial charge in [0.1, 0.15) is 0 Å². The first kappa shape index (κ1) is 16.0. The largest absolute Gasteiger partial charge is 0.390 e. The molecule has 3 aliphatic rings. The van der Waals surface area contributed by atoms with Gasteiger partial charge in [0.2, 0.25) is 0 Å². The van der Waals surface area contributed by atoms with Gasteiger partial charge in [-0.1, -0.05) is 23.6 Å². The quantitative estimate of drug-likeness (QED) is 0.525. The first-order valence-corrected chi connectivity index (χ1v) is 8.77. The van der Waals surface area contributed by atoms with Gasteiger partial charge in [-0.25, -0.2) is 0 Å². The summed E-state index contributed by atoms with van der Waals surface area (Å²) in [6, 6.07) is 0. The molecule has 4 atom stereocenters. The van der Waals surface area contributed by atoms with E-state index >= 15 is 0 Å². The summed E-state index contributed by atoms with van der Waals surface area (Å²) in [5.41, 5.74) is 4.67. The molecular formula is C20H30O2. The molecule has 0 heterocycles. The molecule has 2 nitrogen and oxygen atoms in total. The van der Waals surface area contributed by atoms with Crippen LogP contribution in [0.2, 0.25) is 0 Å². The van der Waals surface area contributed by atoms with Crippen LogP contribution in [0.3, 0.4) is 0 Å². The number of allylic oxidation sites excluding steroid dienone is 3. The van der Waals surface area contributed by atoms with Gasteiger partial charge >= 0.3 is 0 Å². The maximum Gasteiger partial charge on any atom is 0.159 e. The molecule has 0 spiro atoms. The smallest absolute Gasteiger partial charge is 0.159 e. The predicted molar refractivity (Wildman–Crippen MR) is 89.5 cm³/mol. The first-order valence-electron chi connectivity index (χ1n) is 8.77. The molecule has 22 heavy (non-hydrogen) atoms. The molecule has 0 aromatic heterocycles. The van der Waals surface area contributed by atoms with E-state index in [1.807, 2.05) is 6.92 Å². The van der Waals surface area contributed by atoms with E-state index in [4.69, 9.17) is 0 Å². The van der Waals surface area contributed by atoms with Crippen LogP contribution in [0.5, 0.6) is 0 Å². The summed E-state index contributed by atoms with van der Waals surface area (Å²) < 4.78 is 0. The zero-order valence-corrected chi connectivity index (χ0v) is 14.8. The van der Waals surface area contributed by atoms with Crippen LogP contribution in [0.25, 0.3) is 0 Å². The van der Waals surface area contributed by atoms with Gasteiger partial charge in [0.05, 0.1) is 5.60 Å². The monoisotopic (exact) mass is 302 g/mol. The Morgan fingerprint density at radius 2 is 1.86 bits per heavy atom. The highest BCUT2D eigenvalue weighted by atomic mass is 16.3. The topological polar surface area (TPSA) is 37.3 Å². The Labute approximate surface area is 134 Å². The number of carbonyl (C=O) groups is 1. The fourth-order valence-electron chi connectivity index (χ4n) is 5.42. The van der Waals surface area contributed by atoms with E-state index in [9.17, 15) is 9.90 Å². The lowest BCUT2D eigenvalue weighted by atomic mass is 9.65. The van der Waals surface area contributed by atoms with Gasteiger partial charge in [-0.05, 0) is 76.7 Å². The zero-order chi connectivity index (χ0) is 16.3. The molecule has 0 aromatic rings. The number of rotatable bonds is 0. The minimum atomic E-state index is -0.599. The van der Waals surface area contributed by atoms with Gasteiger partial charge in [-0.2, -0.15) is 0 Å². The van der Waals surface area contributed by atoms with Crippen LogP contribution in [0.15, 0.2) is 22.3 Å². The Morgan fingerprint density at radius 3 is 2.50 bits per heavy atom. The summed E-state index contributed by atoms with van der Waals surface area (Å²) in [7, 11) is 0. The summed E-state index contributed by atoms with van der Waals surface area (Å²) in [5.74, 6) is 0.966. The van der Waals surface area contributed by atoms with E-state index in [2.05, 4.69) is 27.7 Å². The molecule has 0 radical (unpaired) electrons. The van der Waals surface area contributed by atoms with Crippen molar-refractivity contribution in [3.63, 3.8) is 0 Å². The van der Waals surface area contributed by atoms with Crippen molar-refractivity contribution < 1.29 is 9.90 Å². The molecule has 2 saturated carbocycles. The fraction of sp³-hybridized carbons (Fsp3) is 0.750. The lowest BCUT2D eigenvalue weighted by Crippen LogP contribution is -2.37. The molecule has 0 amide bonds. The Kier molecular flexibility index (Phi) is 3.67. The molecule has 1 unspecified atom stereocenters. The first-order chi connectivity index (χ1) is 10.2. The van der Waals surface area contributed by atoms with E-state index in [1.165, 1.54) is 16.7 Å². The van der Waals surface area contributed by atoms with Crippen LogP contribution in [-0.2, 0) is 4.79 Å². The van der Waals surface area contributed by atoms with Crippen molar-refractivity contribution in [2.75, 3.05) is 0 Å². The number of aliphatic hydroxyl groups is 1. The summed E-state index contributed by atoms with van der Waals surface area (Å²) >= 11 is 0.